The van der Waals surface area contributed by atoms with Crippen LogP contribution in [0.1, 0.15) is 22.6 Å². The molecule has 1 aromatic heterocycles. The van der Waals surface area contributed by atoms with Crippen molar-refractivity contribution in [1.29, 1.82) is 0 Å². The first-order valence-electron chi connectivity index (χ1n) is 9.17. The summed E-state index contributed by atoms with van der Waals surface area (Å²) in [4.78, 5) is 29.6. The largest absolute Gasteiger partial charge is 0.493 e. The third-order valence-corrected chi connectivity index (χ3v) is 4.86. The van der Waals surface area contributed by atoms with Gasteiger partial charge in [0.25, 0.3) is 5.56 Å². The van der Waals surface area contributed by atoms with Gasteiger partial charge in [0, 0.05) is 12.5 Å². The molecule has 7 heteroatoms. The monoisotopic (exact) mass is 389 g/mol. The molecular weight excluding hydrogens is 370 g/mol. The zero-order valence-electron chi connectivity index (χ0n) is 15.5. The Bertz CT molecular complexity index is 1090. The van der Waals surface area contributed by atoms with Crippen LogP contribution in [0, 0.1) is 0 Å². The average Bonchev–Trinajstić information content (AvgIpc) is 3.05. The van der Waals surface area contributed by atoms with Crippen LogP contribution in [0.15, 0.2) is 65.7 Å². The van der Waals surface area contributed by atoms with E-state index in [1.165, 1.54) is 23.3 Å². The molecule has 1 aliphatic rings. The van der Waals surface area contributed by atoms with Crippen molar-refractivity contribution in [2.75, 3.05) is 13.2 Å². The van der Waals surface area contributed by atoms with Gasteiger partial charge in [0.1, 0.15) is 12.2 Å². The SMILES string of the molecule is O=C(NCC=Cc1c(O)nc[nH]c1=O)OCC1c2ccccc2-c2ccccc21. The Hall–Kier alpha value is -3.87. The van der Waals surface area contributed by atoms with Crippen molar-refractivity contribution < 1.29 is 14.6 Å². The minimum absolute atomic E-state index is 0.00501. The summed E-state index contributed by atoms with van der Waals surface area (Å²) in [5.41, 5.74) is 4.19. The second kappa shape index (κ2) is 8.02. The minimum Gasteiger partial charge on any atom is -0.493 e. The molecule has 1 aliphatic carbocycles. The van der Waals surface area contributed by atoms with E-state index in [2.05, 4.69) is 39.6 Å². The first kappa shape index (κ1) is 18.5. The number of aromatic amines is 1. The van der Waals surface area contributed by atoms with E-state index in [0.29, 0.717) is 0 Å². The molecule has 4 rings (SSSR count). The molecule has 0 aliphatic heterocycles. The number of fused-ring (bicyclic) bond motifs is 3. The second-order valence-corrected chi connectivity index (χ2v) is 6.58. The summed E-state index contributed by atoms with van der Waals surface area (Å²) in [6.07, 6.45) is 3.49. The van der Waals surface area contributed by atoms with Gasteiger partial charge < -0.3 is 20.1 Å². The molecule has 0 atom stereocenters. The first-order chi connectivity index (χ1) is 14.1. The minimum atomic E-state index is -0.555. The van der Waals surface area contributed by atoms with Crippen LogP contribution >= 0.6 is 0 Å². The molecule has 7 nitrogen and oxygen atoms in total. The van der Waals surface area contributed by atoms with Gasteiger partial charge in [-0.05, 0) is 28.3 Å². The van der Waals surface area contributed by atoms with Crippen LogP contribution in [-0.2, 0) is 4.74 Å². The molecule has 1 amide bonds. The Kier molecular flexibility index (Phi) is 5.11. The van der Waals surface area contributed by atoms with Crippen LogP contribution in [0.2, 0.25) is 0 Å². The lowest BCUT2D eigenvalue weighted by molar-refractivity contribution is 0.144. The van der Waals surface area contributed by atoms with E-state index in [-0.39, 0.29) is 30.5 Å². The second-order valence-electron chi connectivity index (χ2n) is 6.58. The van der Waals surface area contributed by atoms with E-state index in [1.807, 2.05) is 24.3 Å². The fourth-order valence-electron chi connectivity index (χ4n) is 3.52. The number of nitrogens with zero attached hydrogens (tertiary/aromatic N) is 1. The van der Waals surface area contributed by atoms with E-state index >= 15 is 0 Å². The summed E-state index contributed by atoms with van der Waals surface area (Å²) in [7, 11) is 0. The Labute approximate surface area is 166 Å². The maximum absolute atomic E-state index is 12.1. The third-order valence-electron chi connectivity index (χ3n) is 4.86. The van der Waals surface area contributed by atoms with Gasteiger partial charge in [-0.3, -0.25) is 4.79 Å². The molecule has 0 saturated heterocycles. The van der Waals surface area contributed by atoms with Crippen molar-refractivity contribution >= 4 is 12.2 Å². The normalized spacial score (nSPS) is 12.6. The van der Waals surface area contributed by atoms with Gasteiger partial charge >= 0.3 is 6.09 Å². The summed E-state index contributed by atoms with van der Waals surface area (Å²) in [5.74, 6) is -0.374. The van der Waals surface area contributed by atoms with E-state index < -0.39 is 11.7 Å². The Balaban J connectivity index is 1.36. The van der Waals surface area contributed by atoms with Gasteiger partial charge in [0.05, 0.1) is 6.33 Å². The number of ether oxygens (including phenoxy) is 1. The van der Waals surface area contributed by atoms with E-state index in [9.17, 15) is 14.7 Å². The van der Waals surface area contributed by atoms with Crippen molar-refractivity contribution in [3.05, 3.63) is 88.0 Å². The van der Waals surface area contributed by atoms with Crippen molar-refractivity contribution in [3.63, 3.8) is 0 Å². The Morgan fingerprint density at radius 1 is 1.14 bits per heavy atom. The predicted molar refractivity (Wildman–Crippen MR) is 109 cm³/mol. The Morgan fingerprint density at radius 2 is 1.79 bits per heavy atom. The van der Waals surface area contributed by atoms with Crippen LogP contribution in [0.5, 0.6) is 5.88 Å². The van der Waals surface area contributed by atoms with Gasteiger partial charge in [-0.1, -0.05) is 54.6 Å². The van der Waals surface area contributed by atoms with Crippen LogP contribution in [0.3, 0.4) is 0 Å². The molecule has 0 bridgehead atoms. The number of carbonyl (C=O) groups is 1. The molecule has 146 valence electrons. The van der Waals surface area contributed by atoms with Gasteiger partial charge in [-0.25, -0.2) is 9.78 Å². The maximum atomic E-state index is 12.1. The molecule has 0 radical (unpaired) electrons. The molecule has 0 spiro atoms. The summed E-state index contributed by atoms with van der Waals surface area (Å²) in [6, 6.07) is 16.2. The van der Waals surface area contributed by atoms with Crippen LogP contribution in [0.4, 0.5) is 4.79 Å². The fourth-order valence-corrected chi connectivity index (χ4v) is 3.52. The highest BCUT2D eigenvalue weighted by Gasteiger charge is 2.28. The van der Waals surface area contributed by atoms with E-state index in [4.69, 9.17) is 4.74 Å². The Morgan fingerprint density at radius 3 is 2.45 bits per heavy atom. The molecule has 0 unspecified atom stereocenters. The van der Waals surface area contributed by atoms with Crippen molar-refractivity contribution in [1.82, 2.24) is 15.3 Å². The molecule has 0 saturated carbocycles. The summed E-state index contributed by atoms with van der Waals surface area (Å²) >= 11 is 0. The molecule has 3 N–H and O–H groups in total. The number of hydrogen-bond acceptors (Lipinski definition) is 5. The van der Waals surface area contributed by atoms with Gasteiger partial charge in [0.2, 0.25) is 5.88 Å². The molecule has 29 heavy (non-hydrogen) atoms. The number of H-pyrrole nitrogens is 1. The summed E-state index contributed by atoms with van der Waals surface area (Å²) in [6.45, 7) is 0.372. The number of carbonyl (C=O) groups excluding carboxylic acids is 1. The van der Waals surface area contributed by atoms with Gasteiger partial charge in [-0.15, -0.1) is 0 Å². The molecule has 3 aromatic rings. The van der Waals surface area contributed by atoms with E-state index in [0.717, 1.165) is 17.5 Å². The number of rotatable bonds is 5. The smallest absolute Gasteiger partial charge is 0.407 e. The number of aromatic hydroxyl groups is 1. The number of alkyl carbamates (subject to hydrolysis) is 1. The number of amides is 1. The standard InChI is InChI=1S/C22H19N3O4/c26-20-18(21(27)25-13-24-20)10-5-11-23-22(28)29-12-19-16-8-3-1-6-14(16)15-7-2-4-9-17(15)19/h1-10,13,19H,11-12H2,(H,23,28)(H2,24,25,26,27). The molecule has 2 aromatic carbocycles. The number of benzene rings is 2. The highest BCUT2D eigenvalue weighted by atomic mass is 16.5. The number of aromatic nitrogens is 2. The summed E-state index contributed by atoms with van der Waals surface area (Å²) < 4.78 is 5.43. The van der Waals surface area contributed by atoms with Gasteiger partial charge in [-0.2, -0.15) is 0 Å². The van der Waals surface area contributed by atoms with Crippen LogP contribution < -0.4 is 10.9 Å². The lowest BCUT2D eigenvalue weighted by atomic mass is 9.98. The third kappa shape index (κ3) is 3.75. The van der Waals surface area contributed by atoms with Crippen LogP contribution in [-0.4, -0.2) is 34.3 Å². The van der Waals surface area contributed by atoms with Crippen LogP contribution in [0.25, 0.3) is 17.2 Å². The predicted octanol–water partition coefficient (Wildman–Crippen LogP) is 3.03. The molecule has 1 heterocycles. The zero-order chi connectivity index (χ0) is 20.2. The molecular formula is C22H19N3O4. The quantitative estimate of drug-likeness (QED) is 0.622. The first-order valence-corrected chi connectivity index (χ1v) is 9.17. The van der Waals surface area contributed by atoms with Crippen molar-refractivity contribution in [3.8, 4) is 17.0 Å². The van der Waals surface area contributed by atoms with Crippen molar-refractivity contribution in [2.24, 2.45) is 0 Å². The molecule has 0 fully saturated rings. The zero-order valence-corrected chi connectivity index (χ0v) is 15.5. The highest BCUT2D eigenvalue weighted by Crippen LogP contribution is 2.44. The number of hydrogen-bond donors (Lipinski definition) is 3. The summed E-state index contributed by atoms with van der Waals surface area (Å²) in [5, 5.41) is 12.2. The van der Waals surface area contributed by atoms with Crippen molar-refractivity contribution in [2.45, 2.75) is 5.92 Å². The maximum Gasteiger partial charge on any atom is 0.407 e. The fraction of sp³-hybridized carbons (Fsp3) is 0.136. The topological polar surface area (TPSA) is 104 Å². The van der Waals surface area contributed by atoms with E-state index in [1.54, 1.807) is 0 Å². The number of nitrogens with one attached hydrogen (secondary N) is 2. The highest BCUT2D eigenvalue weighted by molar-refractivity contribution is 5.79. The lowest BCUT2D eigenvalue weighted by Gasteiger charge is -2.14. The van der Waals surface area contributed by atoms with Gasteiger partial charge in [0.15, 0.2) is 0 Å². The average molecular weight is 389 g/mol. The lowest BCUT2D eigenvalue weighted by Crippen LogP contribution is -2.26.